The molecule has 0 aromatic heterocycles. The fourth-order valence-corrected chi connectivity index (χ4v) is 8.31. The minimum atomic E-state index is -1.64. The van der Waals surface area contributed by atoms with Crippen molar-refractivity contribution < 1.29 is 34.0 Å². The van der Waals surface area contributed by atoms with Crippen molar-refractivity contribution in [3.8, 4) is 0 Å². The van der Waals surface area contributed by atoms with Gasteiger partial charge in [-0.25, -0.2) is 0 Å². The molecule has 33 heavy (non-hydrogen) atoms. The Labute approximate surface area is 195 Å². The van der Waals surface area contributed by atoms with Crippen LogP contribution in [0.4, 0.5) is 0 Å². The molecule has 4 aliphatic carbocycles. The maximum Gasteiger partial charge on any atom is 0.302 e. The summed E-state index contributed by atoms with van der Waals surface area (Å²) in [5.74, 6) is -4.33. The van der Waals surface area contributed by atoms with E-state index in [9.17, 15) is 19.8 Å². The van der Waals surface area contributed by atoms with Gasteiger partial charge in [-0.1, -0.05) is 25.8 Å². The molecule has 2 N–H and O–H groups in total. The number of rotatable bonds is 3. The SMILES string of the molecule is CC(=O)OC1CCC(C)(C)C2C(O)C3(OC(C)(C)O)OCC12CCCC1C(C)=C2C(=O)C3C21. The standard InChI is InChI=1S/C26H38O7/c1-13-15-8-7-10-25-12-31-26(33-24(5,6)30,19-18(15)17(13)20(19)28)22(29)21(25)23(3,4)11-9-16(25)32-14(2)27/h15-16,18-19,21-22,29-30H,7-12H2,1-6H3. The van der Waals surface area contributed by atoms with Crippen LogP contribution in [0.2, 0.25) is 0 Å². The number of ether oxygens (including phenoxy) is 3. The molecular formula is C26H38O7. The predicted molar refractivity (Wildman–Crippen MR) is 119 cm³/mol. The zero-order valence-electron chi connectivity index (χ0n) is 20.6. The molecule has 2 bridgehead atoms. The van der Waals surface area contributed by atoms with Gasteiger partial charge in [0, 0.05) is 24.2 Å². The zero-order valence-corrected chi connectivity index (χ0v) is 20.6. The van der Waals surface area contributed by atoms with Gasteiger partial charge in [0.1, 0.15) is 12.2 Å². The molecule has 184 valence electrons. The molecule has 7 heteroatoms. The number of carbonyl (C=O) groups is 2. The number of ketones is 1. The Morgan fingerprint density at radius 2 is 1.91 bits per heavy atom. The topological polar surface area (TPSA) is 102 Å². The van der Waals surface area contributed by atoms with Crippen molar-refractivity contribution in [2.75, 3.05) is 6.61 Å². The fraction of sp³-hybridized carbons (Fsp3) is 0.846. The first kappa shape index (κ1) is 23.5. The minimum Gasteiger partial charge on any atom is -0.462 e. The molecule has 0 radical (unpaired) electrons. The maximum atomic E-state index is 13.4. The number of hydrogen-bond donors (Lipinski definition) is 2. The fourth-order valence-electron chi connectivity index (χ4n) is 8.31. The van der Waals surface area contributed by atoms with Crippen LogP contribution < -0.4 is 0 Å². The molecular weight excluding hydrogens is 424 g/mol. The molecule has 1 spiro atoms. The van der Waals surface area contributed by atoms with E-state index in [1.165, 1.54) is 20.8 Å². The first-order chi connectivity index (χ1) is 15.3. The molecule has 0 aromatic carbocycles. The monoisotopic (exact) mass is 462 g/mol. The van der Waals surface area contributed by atoms with Gasteiger partial charge in [0.05, 0.1) is 12.5 Å². The number of fused-ring (bicyclic) bond motifs is 3. The average Bonchev–Trinajstić information content (AvgIpc) is 2.67. The lowest BCUT2D eigenvalue weighted by molar-refractivity contribution is -0.431. The lowest BCUT2D eigenvalue weighted by Crippen LogP contribution is -2.77. The van der Waals surface area contributed by atoms with Gasteiger partial charge >= 0.3 is 5.97 Å². The third-order valence-corrected chi connectivity index (χ3v) is 9.41. The van der Waals surface area contributed by atoms with Crippen molar-refractivity contribution in [1.29, 1.82) is 0 Å². The van der Waals surface area contributed by atoms with Crippen molar-refractivity contribution >= 4 is 11.8 Å². The highest BCUT2D eigenvalue weighted by atomic mass is 16.8. The highest BCUT2D eigenvalue weighted by molar-refractivity contribution is 6.08. The van der Waals surface area contributed by atoms with Gasteiger partial charge in [-0.15, -0.1) is 0 Å². The van der Waals surface area contributed by atoms with Crippen LogP contribution >= 0.6 is 0 Å². The molecule has 5 fully saturated rings. The van der Waals surface area contributed by atoms with Gasteiger partial charge in [0.15, 0.2) is 11.6 Å². The predicted octanol–water partition coefficient (Wildman–Crippen LogP) is 3.12. The molecule has 2 saturated heterocycles. The molecule has 3 saturated carbocycles. The molecule has 7 nitrogen and oxygen atoms in total. The second-order valence-corrected chi connectivity index (χ2v) is 12.3. The lowest BCUT2D eigenvalue weighted by Gasteiger charge is -2.68. The van der Waals surface area contributed by atoms with E-state index in [4.69, 9.17) is 14.2 Å². The van der Waals surface area contributed by atoms with Crippen LogP contribution in [-0.4, -0.2) is 52.4 Å². The highest BCUT2D eigenvalue weighted by Crippen LogP contribution is 2.68. The van der Waals surface area contributed by atoms with Gasteiger partial charge in [0.25, 0.3) is 0 Å². The van der Waals surface area contributed by atoms with E-state index >= 15 is 0 Å². The third-order valence-electron chi connectivity index (χ3n) is 9.41. The highest BCUT2D eigenvalue weighted by Gasteiger charge is 2.75. The van der Waals surface area contributed by atoms with Crippen LogP contribution in [0.25, 0.3) is 0 Å². The molecule has 6 rings (SSSR count). The number of carbonyl (C=O) groups excluding carboxylic acids is 2. The van der Waals surface area contributed by atoms with Crippen molar-refractivity contribution in [2.24, 2.45) is 34.5 Å². The Kier molecular flexibility index (Phi) is 5.06. The van der Waals surface area contributed by atoms with Gasteiger partial charge in [0.2, 0.25) is 5.79 Å². The van der Waals surface area contributed by atoms with Gasteiger partial charge < -0.3 is 24.4 Å². The van der Waals surface area contributed by atoms with Gasteiger partial charge in [-0.2, -0.15) is 0 Å². The number of aliphatic hydroxyl groups is 2. The van der Waals surface area contributed by atoms with Crippen LogP contribution in [0.3, 0.4) is 0 Å². The number of allylic oxidation sites excluding steroid dienone is 2. The summed E-state index contributed by atoms with van der Waals surface area (Å²) in [6.07, 6.45) is 2.56. The van der Waals surface area contributed by atoms with E-state index in [1.54, 1.807) is 0 Å². The molecule has 2 heterocycles. The van der Waals surface area contributed by atoms with E-state index in [-0.39, 0.29) is 47.6 Å². The second-order valence-electron chi connectivity index (χ2n) is 12.3. The summed E-state index contributed by atoms with van der Waals surface area (Å²) >= 11 is 0. The smallest absolute Gasteiger partial charge is 0.302 e. The third kappa shape index (κ3) is 3.08. The van der Waals surface area contributed by atoms with Crippen LogP contribution in [-0.2, 0) is 23.8 Å². The normalized spacial score (nSPS) is 46.0. The zero-order chi connectivity index (χ0) is 24.1. The van der Waals surface area contributed by atoms with E-state index in [0.717, 1.165) is 36.8 Å². The van der Waals surface area contributed by atoms with Crippen molar-refractivity contribution in [1.82, 2.24) is 0 Å². The Morgan fingerprint density at radius 1 is 1.21 bits per heavy atom. The maximum absolute atomic E-state index is 13.4. The number of hydrogen-bond acceptors (Lipinski definition) is 7. The van der Waals surface area contributed by atoms with Crippen molar-refractivity contribution in [3.63, 3.8) is 0 Å². The van der Waals surface area contributed by atoms with Crippen LogP contribution in [0, 0.1) is 34.5 Å². The van der Waals surface area contributed by atoms with Crippen LogP contribution in [0.5, 0.6) is 0 Å². The summed E-state index contributed by atoms with van der Waals surface area (Å²) in [6.45, 7) is 11.0. The summed E-state index contributed by atoms with van der Waals surface area (Å²) in [6, 6.07) is 0. The lowest BCUT2D eigenvalue weighted by atomic mass is 9.43. The number of aliphatic hydroxyl groups excluding tert-OH is 1. The first-order valence-electron chi connectivity index (χ1n) is 12.4. The van der Waals surface area contributed by atoms with E-state index in [2.05, 4.69) is 13.8 Å². The average molecular weight is 463 g/mol. The van der Waals surface area contributed by atoms with Gasteiger partial charge in [-0.3, -0.25) is 9.59 Å². The Balaban J connectivity index is 1.67. The summed E-state index contributed by atoms with van der Waals surface area (Å²) in [5, 5.41) is 22.9. The number of esters is 1. The molecule has 0 aromatic rings. The quantitative estimate of drug-likeness (QED) is 0.491. The summed E-state index contributed by atoms with van der Waals surface area (Å²) in [4.78, 5) is 25.4. The van der Waals surface area contributed by atoms with Crippen LogP contribution in [0.15, 0.2) is 11.1 Å². The van der Waals surface area contributed by atoms with E-state index < -0.39 is 29.0 Å². The Hall–Kier alpha value is -1.28. The second kappa shape index (κ2) is 7.12. The minimum absolute atomic E-state index is 0.00364. The van der Waals surface area contributed by atoms with Gasteiger partial charge in [-0.05, 0) is 63.4 Å². The molecule has 6 aliphatic rings. The summed E-state index contributed by atoms with van der Waals surface area (Å²) in [5.41, 5.74) is 1.12. The summed E-state index contributed by atoms with van der Waals surface area (Å²) in [7, 11) is 0. The largest absolute Gasteiger partial charge is 0.462 e. The molecule has 8 unspecified atom stereocenters. The van der Waals surface area contributed by atoms with Crippen LogP contribution in [0.1, 0.15) is 73.6 Å². The molecule has 0 amide bonds. The van der Waals surface area contributed by atoms with E-state index in [1.807, 2.05) is 6.92 Å². The number of Topliss-reactive ketones (excluding diaryl/α,β-unsaturated/α-hetero) is 1. The first-order valence-corrected chi connectivity index (χ1v) is 12.4. The Bertz CT molecular complexity index is 914. The van der Waals surface area contributed by atoms with Crippen molar-refractivity contribution in [3.05, 3.63) is 11.1 Å². The molecule has 2 aliphatic heterocycles. The summed E-state index contributed by atoms with van der Waals surface area (Å²) < 4.78 is 18.6. The van der Waals surface area contributed by atoms with E-state index in [0.29, 0.717) is 6.42 Å². The van der Waals surface area contributed by atoms with Crippen molar-refractivity contribution in [2.45, 2.75) is 97.4 Å². The Morgan fingerprint density at radius 3 is 2.55 bits per heavy atom. The molecule has 8 atom stereocenters.